The quantitative estimate of drug-likeness (QED) is 0.108. The summed E-state index contributed by atoms with van der Waals surface area (Å²) in [5.74, 6) is -0.995. The van der Waals surface area contributed by atoms with Crippen molar-refractivity contribution in [3.05, 3.63) is 118 Å². The van der Waals surface area contributed by atoms with E-state index >= 15 is 0 Å². The second-order valence-electron chi connectivity index (χ2n) is 16.5. The van der Waals surface area contributed by atoms with Gasteiger partial charge in [-0.05, 0) is 79.4 Å². The monoisotopic (exact) mass is 773 g/mol. The van der Waals surface area contributed by atoms with Crippen LogP contribution < -0.4 is 25.7 Å². The summed E-state index contributed by atoms with van der Waals surface area (Å²) in [5, 5.41) is 5.38. The number of nitrogens with one attached hydrogen (secondary N) is 1. The number of amides is 1. The second-order valence-corrected chi connectivity index (χ2v) is 20.7. The number of aryl methyl sites for hydroxylation is 1. The number of ether oxygens (including phenoxy) is 3. The highest BCUT2D eigenvalue weighted by Gasteiger charge is 2.52. The summed E-state index contributed by atoms with van der Waals surface area (Å²) in [6, 6.07) is 28.7. The van der Waals surface area contributed by atoms with Crippen molar-refractivity contribution in [1.29, 1.82) is 0 Å². The first kappa shape index (κ1) is 38.5. The van der Waals surface area contributed by atoms with Gasteiger partial charge in [-0.15, -0.1) is 0 Å². The number of aromatic nitrogens is 2. The molecule has 1 atom stereocenters. The Kier molecular flexibility index (Phi) is 9.68. The maximum absolute atomic E-state index is 14.2. The smallest absolute Gasteiger partial charge is 0.408 e. The van der Waals surface area contributed by atoms with Crippen molar-refractivity contribution in [2.45, 2.75) is 91.2 Å². The summed E-state index contributed by atoms with van der Waals surface area (Å²) in [5.41, 5.74) is 1.14. The van der Waals surface area contributed by atoms with Crippen LogP contribution in [-0.2, 0) is 49.0 Å². The summed E-state index contributed by atoms with van der Waals surface area (Å²) >= 11 is 0. The maximum atomic E-state index is 14.2. The summed E-state index contributed by atoms with van der Waals surface area (Å²) in [4.78, 5) is 57.8. The molecule has 4 heterocycles. The van der Waals surface area contributed by atoms with Gasteiger partial charge < -0.3 is 28.5 Å². The van der Waals surface area contributed by atoms with Crippen LogP contribution in [-0.4, -0.2) is 48.0 Å². The normalized spacial score (nSPS) is 16.3. The molecule has 5 aromatic rings. The molecule has 0 fully saturated rings. The zero-order valence-corrected chi connectivity index (χ0v) is 34.1. The fourth-order valence-corrected chi connectivity index (χ4v) is 12.4. The molecule has 0 radical (unpaired) electrons. The van der Waals surface area contributed by atoms with Crippen LogP contribution in [0.3, 0.4) is 0 Å². The topological polar surface area (TPSA) is 135 Å². The number of rotatable bonds is 8. The van der Waals surface area contributed by atoms with E-state index < -0.39 is 44.1 Å². The number of esters is 2. The SMILES string of the molecule is CCc1c2c(nc3ccc(O[Si](c4ccccc4)(c4ccccc4)C(C)(C)C)cc13)-c1cc3c(c(=O)n1C2)COC(=O)[C@@]3(C)OC(=O)CNC(=O)OC(C)(C)C. The predicted molar refractivity (Wildman–Crippen MR) is 216 cm³/mol. The summed E-state index contributed by atoms with van der Waals surface area (Å²) in [6.07, 6.45) is -0.154. The lowest BCUT2D eigenvalue weighted by Gasteiger charge is -2.43. The van der Waals surface area contributed by atoms with E-state index in [0.717, 1.165) is 27.8 Å². The van der Waals surface area contributed by atoms with E-state index in [2.05, 4.69) is 87.6 Å². The lowest BCUT2D eigenvalue weighted by atomic mass is 9.89. The van der Waals surface area contributed by atoms with E-state index in [-0.39, 0.29) is 34.9 Å². The molecule has 56 heavy (non-hydrogen) atoms. The third-order valence-corrected chi connectivity index (χ3v) is 15.5. The zero-order chi connectivity index (χ0) is 40.2. The Morgan fingerprint density at radius 1 is 0.911 bits per heavy atom. The number of fused-ring (bicyclic) bond motifs is 5. The van der Waals surface area contributed by atoms with Crippen molar-refractivity contribution in [3.8, 4) is 17.1 Å². The molecule has 2 aliphatic heterocycles. The van der Waals surface area contributed by atoms with E-state index in [0.29, 0.717) is 17.8 Å². The van der Waals surface area contributed by atoms with Crippen LogP contribution in [0.15, 0.2) is 89.7 Å². The first-order valence-electron chi connectivity index (χ1n) is 18.9. The van der Waals surface area contributed by atoms with Gasteiger partial charge in [0.25, 0.3) is 5.56 Å². The molecule has 0 saturated heterocycles. The number of hydrogen-bond acceptors (Lipinski definition) is 9. The Bertz CT molecular complexity index is 2390. The number of hydrogen-bond donors (Lipinski definition) is 1. The third kappa shape index (κ3) is 6.65. The predicted octanol–water partition coefficient (Wildman–Crippen LogP) is 6.27. The average Bonchev–Trinajstić information content (AvgIpc) is 3.52. The van der Waals surface area contributed by atoms with Gasteiger partial charge in [0, 0.05) is 16.5 Å². The van der Waals surface area contributed by atoms with Gasteiger partial charge in [-0.25, -0.2) is 14.6 Å². The molecule has 12 heteroatoms. The van der Waals surface area contributed by atoms with Gasteiger partial charge in [-0.2, -0.15) is 0 Å². The number of carbonyl (C=O) groups excluding carboxylic acids is 3. The molecule has 2 aliphatic rings. The highest BCUT2D eigenvalue weighted by atomic mass is 28.4. The van der Waals surface area contributed by atoms with Gasteiger partial charge in [0.1, 0.15) is 24.5 Å². The molecule has 0 saturated carbocycles. The minimum Gasteiger partial charge on any atom is -0.534 e. The Labute approximate surface area is 327 Å². The molecule has 1 N–H and O–H groups in total. The maximum Gasteiger partial charge on any atom is 0.408 e. The molecule has 1 amide bonds. The molecule has 7 rings (SSSR count). The molecular formula is C44H47N3O8Si. The van der Waals surface area contributed by atoms with Crippen molar-refractivity contribution in [3.63, 3.8) is 0 Å². The highest BCUT2D eigenvalue weighted by molar-refractivity contribution is 7.00. The molecule has 0 bridgehead atoms. The van der Waals surface area contributed by atoms with Gasteiger partial charge >= 0.3 is 26.3 Å². The van der Waals surface area contributed by atoms with Crippen molar-refractivity contribution >= 4 is 47.6 Å². The summed E-state index contributed by atoms with van der Waals surface area (Å²) < 4.78 is 25.3. The number of pyridine rings is 2. The van der Waals surface area contributed by atoms with Crippen molar-refractivity contribution in [2.24, 2.45) is 0 Å². The molecular weight excluding hydrogens is 727 g/mol. The van der Waals surface area contributed by atoms with Gasteiger partial charge in [-0.1, -0.05) is 88.4 Å². The fourth-order valence-electron chi connectivity index (χ4n) is 7.99. The van der Waals surface area contributed by atoms with Crippen LogP contribution in [0.5, 0.6) is 5.75 Å². The van der Waals surface area contributed by atoms with E-state index in [9.17, 15) is 19.2 Å². The Morgan fingerprint density at radius 3 is 2.14 bits per heavy atom. The largest absolute Gasteiger partial charge is 0.534 e. The van der Waals surface area contributed by atoms with Crippen LogP contribution in [0, 0.1) is 0 Å². The zero-order valence-electron chi connectivity index (χ0n) is 33.1. The lowest BCUT2D eigenvalue weighted by molar-refractivity contribution is -0.185. The molecule has 2 aromatic heterocycles. The molecule has 0 spiro atoms. The van der Waals surface area contributed by atoms with Crippen LogP contribution in [0.1, 0.15) is 77.6 Å². The van der Waals surface area contributed by atoms with E-state index in [1.165, 1.54) is 17.3 Å². The van der Waals surface area contributed by atoms with Crippen molar-refractivity contribution in [2.75, 3.05) is 6.54 Å². The average molecular weight is 774 g/mol. The minimum atomic E-state index is -2.92. The number of benzene rings is 3. The van der Waals surface area contributed by atoms with Gasteiger partial charge in [-0.3, -0.25) is 9.59 Å². The number of cyclic esters (lactones) is 1. The Balaban J connectivity index is 1.28. The standard InChI is InChI=1S/C44H47N3O8Si/c1-9-30-31-22-27(55-56(43(5,6)7,28-16-12-10-13-17-28)29-18-14-11-15-19-29)20-21-35(31)46-38-32(30)25-47-36(38)23-34-33(39(47)49)26-52-40(50)44(34,8)53-37(48)24-45-41(51)54-42(2,3)4/h10-23H,9,24-26H2,1-8H3,(H,45,51)/t44-/m0/s1. The Morgan fingerprint density at radius 2 is 1.55 bits per heavy atom. The van der Waals surface area contributed by atoms with Crippen molar-refractivity contribution < 1.29 is 33.0 Å². The fraction of sp³-hybridized carbons (Fsp3) is 0.341. The molecule has 11 nitrogen and oxygen atoms in total. The van der Waals surface area contributed by atoms with E-state index in [4.69, 9.17) is 23.6 Å². The molecule has 290 valence electrons. The van der Waals surface area contributed by atoms with E-state index in [1.54, 1.807) is 31.4 Å². The summed E-state index contributed by atoms with van der Waals surface area (Å²) in [7, 11) is -2.92. The summed E-state index contributed by atoms with van der Waals surface area (Å²) in [6.45, 7) is 14.7. The van der Waals surface area contributed by atoms with Crippen LogP contribution in [0.2, 0.25) is 5.04 Å². The highest BCUT2D eigenvalue weighted by Crippen LogP contribution is 2.42. The van der Waals surface area contributed by atoms with E-state index in [1.807, 2.05) is 24.3 Å². The first-order valence-corrected chi connectivity index (χ1v) is 20.8. The molecule has 0 unspecified atom stereocenters. The number of alkyl carbamates (subject to hydrolysis) is 1. The number of nitrogens with zero attached hydrogens (tertiary/aromatic N) is 2. The number of carbonyl (C=O) groups is 3. The molecule has 3 aromatic carbocycles. The lowest BCUT2D eigenvalue weighted by Crippen LogP contribution is -2.68. The van der Waals surface area contributed by atoms with Crippen LogP contribution in [0.25, 0.3) is 22.3 Å². The van der Waals surface area contributed by atoms with Gasteiger partial charge in [0.05, 0.1) is 29.0 Å². The van der Waals surface area contributed by atoms with Crippen LogP contribution >= 0.6 is 0 Å². The van der Waals surface area contributed by atoms with Gasteiger partial charge in [0.2, 0.25) is 5.60 Å². The second kappa shape index (κ2) is 14.1. The minimum absolute atomic E-state index is 0.208. The first-order chi connectivity index (χ1) is 26.5. The van der Waals surface area contributed by atoms with Crippen LogP contribution in [0.4, 0.5) is 4.79 Å². The van der Waals surface area contributed by atoms with Gasteiger partial charge in [0.15, 0.2) is 0 Å². The van der Waals surface area contributed by atoms with Crippen molar-refractivity contribution in [1.82, 2.24) is 14.9 Å². The Hall–Kier alpha value is -5.75. The molecule has 0 aliphatic carbocycles. The third-order valence-electron chi connectivity index (χ3n) is 10.5.